The molecule has 0 saturated carbocycles. The van der Waals surface area contributed by atoms with Crippen LogP contribution in [0.15, 0.2) is 94.8 Å². The summed E-state index contributed by atoms with van der Waals surface area (Å²) >= 11 is 2.68. The first kappa shape index (κ1) is 29.7. The van der Waals surface area contributed by atoms with E-state index in [4.69, 9.17) is 9.47 Å². The number of esters is 1. The van der Waals surface area contributed by atoms with E-state index in [1.165, 1.54) is 35.1 Å². The van der Waals surface area contributed by atoms with Gasteiger partial charge in [-0.05, 0) is 64.7 Å². The topological polar surface area (TPSA) is 119 Å². The van der Waals surface area contributed by atoms with Crippen molar-refractivity contribution in [3.63, 3.8) is 0 Å². The molecular weight excluding hydrogens is 623 g/mol. The van der Waals surface area contributed by atoms with Crippen molar-refractivity contribution in [3.8, 4) is 5.75 Å². The summed E-state index contributed by atoms with van der Waals surface area (Å²) in [7, 11) is 1.29. The van der Waals surface area contributed by atoms with Gasteiger partial charge in [-0.2, -0.15) is 0 Å². The van der Waals surface area contributed by atoms with Crippen molar-refractivity contribution in [2.45, 2.75) is 35.6 Å². The van der Waals surface area contributed by atoms with Gasteiger partial charge in [0.25, 0.3) is 5.78 Å². The van der Waals surface area contributed by atoms with E-state index in [0.29, 0.717) is 33.2 Å². The molecule has 1 N–H and O–H groups in total. The number of aromatic nitrogens is 2. The fourth-order valence-electron chi connectivity index (χ4n) is 5.91. The molecule has 46 heavy (non-hydrogen) atoms. The van der Waals surface area contributed by atoms with Gasteiger partial charge in [0.15, 0.2) is 4.34 Å². The van der Waals surface area contributed by atoms with Crippen LogP contribution in [0.4, 0.5) is 5.13 Å². The number of methoxy groups -OCH3 is 1. The van der Waals surface area contributed by atoms with E-state index in [-0.39, 0.29) is 22.6 Å². The number of anilines is 1. The van der Waals surface area contributed by atoms with Gasteiger partial charge in [0.2, 0.25) is 5.13 Å². The maximum atomic E-state index is 13.7. The summed E-state index contributed by atoms with van der Waals surface area (Å²) in [6.45, 7) is 1.96. The molecule has 1 saturated heterocycles. The number of carbonyl (C=O) groups is 3. The molecule has 11 heteroatoms. The summed E-state index contributed by atoms with van der Waals surface area (Å²) in [5.41, 5.74) is 3.17. The second kappa shape index (κ2) is 12.1. The van der Waals surface area contributed by atoms with Crippen molar-refractivity contribution in [2.75, 3.05) is 12.0 Å². The van der Waals surface area contributed by atoms with Crippen molar-refractivity contribution in [1.29, 1.82) is 0 Å². The van der Waals surface area contributed by atoms with Gasteiger partial charge in [-0.1, -0.05) is 77.7 Å². The molecule has 1 aromatic heterocycles. The number of benzene rings is 4. The number of hydrogen-bond acceptors (Lipinski definition) is 10. The Morgan fingerprint density at radius 2 is 1.78 bits per heavy atom. The number of nitrogens with zero attached hydrogens (tertiary/aromatic N) is 3. The zero-order valence-electron chi connectivity index (χ0n) is 24.8. The van der Waals surface area contributed by atoms with Crippen LogP contribution < -0.4 is 9.64 Å². The Kier molecular flexibility index (Phi) is 7.79. The van der Waals surface area contributed by atoms with Crippen LogP contribution in [0.2, 0.25) is 0 Å². The van der Waals surface area contributed by atoms with Crippen molar-refractivity contribution in [1.82, 2.24) is 10.2 Å². The van der Waals surface area contributed by atoms with Crippen LogP contribution in [0.3, 0.4) is 0 Å². The minimum Gasteiger partial charge on any atom is -0.507 e. The van der Waals surface area contributed by atoms with Crippen molar-refractivity contribution in [2.24, 2.45) is 0 Å². The quantitative estimate of drug-likeness (QED) is 0.0512. The van der Waals surface area contributed by atoms with Crippen LogP contribution in [0.25, 0.3) is 16.5 Å². The zero-order chi connectivity index (χ0) is 31.9. The molecule has 5 aromatic rings. The van der Waals surface area contributed by atoms with E-state index in [2.05, 4.69) is 34.5 Å². The summed E-state index contributed by atoms with van der Waals surface area (Å²) < 4.78 is 11.3. The molecule has 1 amide bonds. The molecule has 0 unspecified atom stereocenters. The first-order valence-electron chi connectivity index (χ1n) is 14.5. The van der Waals surface area contributed by atoms with E-state index >= 15 is 0 Å². The Morgan fingerprint density at radius 1 is 1.02 bits per heavy atom. The number of hydrogen-bond donors (Lipinski definition) is 1. The predicted molar refractivity (Wildman–Crippen MR) is 176 cm³/mol. The molecule has 7 rings (SSSR count). The lowest BCUT2D eigenvalue weighted by atomic mass is 9.94. The van der Waals surface area contributed by atoms with Gasteiger partial charge in [0, 0.05) is 17.7 Å². The summed E-state index contributed by atoms with van der Waals surface area (Å²) in [6, 6.07) is 24.9. The molecule has 2 atom stereocenters. The minimum atomic E-state index is -1.01. The summed E-state index contributed by atoms with van der Waals surface area (Å²) in [6.07, 6.45) is 0.657. The molecule has 1 fully saturated rings. The number of rotatable bonds is 7. The average molecular weight is 650 g/mol. The van der Waals surface area contributed by atoms with Gasteiger partial charge in [-0.25, -0.2) is 4.79 Å². The minimum absolute atomic E-state index is 0.00335. The second-order valence-electron chi connectivity index (χ2n) is 11.0. The SMILES string of the molecule is COC(=O)c1ccc([C@@H]2/C(=C(\O)c3ccc4c(c3)C[C@@H](C)O4)C(=O)C(=O)N2c2nnc(SCc3cccc4ccccc34)s2)cc1. The molecule has 4 aromatic carbocycles. The van der Waals surface area contributed by atoms with Gasteiger partial charge in [0.05, 0.1) is 24.3 Å². The number of thioether (sulfide) groups is 1. The number of Topliss-reactive ketones (excluding diaryl/α,β-unsaturated/α-hetero) is 1. The first-order valence-corrected chi connectivity index (χ1v) is 16.3. The van der Waals surface area contributed by atoms with Crippen molar-refractivity contribution < 1.29 is 29.0 Å². The monoisotopic (exact) mass is 649 g/mol. The molecule has 0 bridgehead atoms. The van der Waals surface area contributed by atoms with Crippen LogP contribution >= 0.6 is 23.1 Å². The number of ketones is 1. The average Bonchev–Trinajstić information content (AvgIpc) is 3.77. The van der Waals surface area contributed by atoms with E-state index in [1.54, 1.807) is 42.5 Å². The molecule has 9 nitrogen and oxygen atoms in total. The lowest BCUT2D eigenvalue weighted by Gasteiger charge is -2.22. The maximum Gasteiger partial charge on any atom is 0.337 e. The zero-order valence-corrected chi connectivity index (χ0v) is 26.4. The summed E-state index contributed by atoms with van der Waals surface area (Å²) in [4.78, 5) is 40.8. The third kappa shape index (κ3) is 5.31. The standard InChI is InChI=1S/C35H27N3O6S2/c1-19-16-25-17-23(14-15-27(25)44-19)30(39)28-29(21-10-12-22(13-11-21)33(42)43-2)38(32(41)31(28)40)34-36-37-35(46-34)45-18-24-8-5-7-20-6-3-4-9-26(20)24/h3-15,17,19,29,39H,16,18H2,1-2H3/b30-28+/t19-,29-/m1/s1. The molecule has 2 aliphatic heterocycles. The molecule has 3 heterocycles. The fourth-order valence-corrected chi connectivity index (χ4v) is 7.78. The van der Waals surface area contributed by atoms with E-state index < -0.39 is 23.7 Å². The number of aliphatic hydroxyl groups excluding tert-OH is 1. The predicted octanol–water partition coefficient (Wildman–Crippen LogP) is 6.72. The highest BCUT2D eigenvalue weighted by Gasteiger charge is 2.48. The third-order valence-electron chi connectivity index (χ3n) is 8.09. The molecular formula is C35H27N3O6S2. The fraction of sp³-hybridized carbons (Fsp3) is 0.171. The van der Waals surface area contributed by atoms with Gasteiger partial charge in [-0.3, -0.25) is 14.5 Å². The van der Waals surface area contributed by atoms with Crippen LogP contribution in [-0.4, -0.2) is 46.2 Å². The number of ether oxygens (including phenoxy) is 2. The Hall–Kier alpha value is -5.00. The van der Waals surface area contributed by atoms with Gasteiger partial charge >= 0.3 is 11.9 Å². The van der Waals surface area contributed by atoms with Gasteiger partial charge in [-0.15, -0.1) is 10.2 Å². The lowest BCUT2D eigenvalue weighted by molar-refractivity contribution is -0.132. The van der Waals surface area contributed by atoms with Crippen LogP contribution in [0, 0.1) is 0 Å². The third-order valence-corrected chi connectivity index (χ3v) is 10.2. The van der Waals surface area contributed by atoms with E-state index in [1.807, 2.05) is 25.1 Å². The van der Waals surface area contributed by atoms with Gasteiger partial charge < -0.3 is 14.6 Å². The molecule has 2 aliphatic rings. The number of carbonyl (C=O) groups excluding carboxylic acids is 3. The number of amides is 1. The van der Waals surface area contributed by atoms with Crippen molar-refractivity contribution in [3.05, 3.63) is 118 Å². The van der Waals surface area contributed by atoms with E-state index in [9.17, 15) is 19.5 Å². The van der Waals surface area contributed by atoms with Crippen molar-refractivity contribution >= 4 is 62.4 Å². The summed E-state index contributed by atoms with van der Waals surface area (Å²) in [5, 5.41) is 22.8. The molecule has 230 valence electrons. The highest BCUT2D eigenvalue weighted by Crippen LogP contribution is 2.45. The number of aliphatic hydroxyl groups is 1. The maximum absolute atomic E-state index is 13.7. The Balaban J connectivity index is 1.26. The highest BCUT2D eigenvalue weighted by atomic mass is 32.2. The first-order chi connectivity index (χ1) is 22.3. The largest absolute Gasteiger partial charge is 0.507 e. The molecule has 0 spiro atoms. The Morgan fingerprint density at radius 3 is 2.59 bits per heavy atom. The van der Waals surface area contributed by atoms with Crippen LogP contribution in [0.1, 0.15) is 45.6 Å². The van der Waals surface area contributed by atoms with Gasteiger partial charge in [0.1, 0.15) is 17.6 Å². The highest BCUT2D eigenvalue weighted by molar-refractivity contribution is 8.00. The lowest BCUT2D eigenvalue weighted by Crippen LogP contribution is -2.29. The second-order valence-corrected chi connectivity index (χ2v) is 13.2. The number of fused-ring (bicyclic) bond motifs is 2. The Labute approximate surface area is 272 Å². The van der Waals surface area contributed by atoms with Crippen LogP contribution in [-0.2, 0) is 26.5 Å². The molecule has 0 radical (unpaired) electrons. The Bertz CT molecular complexity index is 2050. The van der Waals surface area contributed by atoms with Crippen LogP contribution in [0.5, 0.6) is 5.75 Å². The summed E-state index contributed by atoms with van der Waals surface area (Å²) in [5.74, 6) is -1.14. The molecule has 0 aliphatic carbocycles. The normalized spacial score (nSPS) is 18.5. The van der Waals surface area contributed by atoms with E-state index in [0.717, 1.165) is 27.6 Å². The smallest absolute Gasteiger partial charge is 0.337 e.